The Labute approximate surface area is 116 Å². The second-order valence-corrected chi connectivity index (χ2v) is 4.54. The molecule has 104 valence electrons. The van der Waals surface area contributed by atoms with Gasteiger partial charge in [0.1, 0.15) is 5.56 Å². The van der Waals surface area contributed by atoms with Gasteiger partial charge in [0.25, 0.3) is 11.6 Å². The molecule has 6 nitrogen and oxygen atoms in total. The van der Waals surface area contributed by atoms with Crippen molar-refractivity contribution in [1.29, 1.82) is 0 Å². The summed E-state index contributed by atoms with van der Waals surface area (Å²) in [6, 6.07) is 5.81. The van der Waals surface area contributed by atoms with Crippen LogP contribution >= 0.6 is 0 Å². The molecule has 1 aliphatic rings. The number of nitrogens with one attached hydrogen (secondary N) is 1. The summed E-state index contributed by atoms with van der Waals surface area (Å²) in [5.74, 6) is -0.258. The molecule has 1 aromatic carbocycles. The van der Waals surface area contributed by atoms with Crippen LogP contribution < -0.4 is 5.43 Å². The Bertz CT molecular complexity index is 567. The van der Waals surface area contributed by atoms with Crippen molar-refractivity contribution in [3.8, 4) is 0 Å². The smallest absolute Gasteiger partial charge is 0.267 e. The molecule has 0 saturated carbocycles. The van der Waals surface area contributed by atoms with E-state index in [0.29, 0.717) is 5.92 Å². The Hall–Kier alpha value is -2.50. The summed E-state index contributed by atoms with van der Waals surface area (Å²) in [5, 5.41) is 14.7. The number of nitro groups is 1. The molecule has 0 spiro atoms. The molecule has 1 atom stereocenters. The van der Waals surface area contributed by atoms with Gasteiger partial charge in [-0.1, -0.05) is 24.3 Å². The fourth-order valence-corrected chi connectivity index (χ4v) is 2.04. The number of nitro benzene ring substituents is 1. The van der Waals surface area contributed by atoms with E-state index < -0.39 is 10.8 Å². The fourth-order valence-electron chi connectivity index (χ4n) is 2.04. The van der Waals surface area contributed by atoms with Crippen LogP contribution in [-0.4, -0.2) is 17.0 Å². The van der Waals surface area contributed by atoms with Gasteiger partial charge in [-0.3, -0.25) is 14.9 Å². The average molecular weight is 273 g/mol. The lowest BCUT2D eigenvalue weighted by Gasteiger charge is -2.11. The topological polar surface area (TPSA) is 84.6 Å². The molecule has 0 radical (unpaired) electrons. The Morgan fingerprint density at radius 2 is 2.20 bits per heavy atom. The number of hydrazone groups is 1. The Morgan fingerprint density at radius 1 is 1.40 bits per heavy atom. The molecule has 20 heavy (non-hydrogen) atoms. The molecule has 0 heterocycles. The van der Waals surface area contributed by atoms with Gasteiger partial charge >= 0.3 is 0 Å². The van der Waals surface area contributed by atoms with Crippen molar-refractivity contribution >= 4 is 17.8 Å². The normalized spacial score (nSPS) is 18.1. The minimum absolute atomic E-state index is 0.0122. The summed E-state index contributed by atoms with van der Waals surface area (Å²) in [6.07, 6.45) is 8.82. The highest BCUT2D eigenvalue weighted by molar-refractivity contribution is 5.98. The highest BCUT2D eigenvalue weighted by atomic mass is 16.6. The number of rotatable bonds is 4. The number of carbonyl (C=O) groups excluding carboxylic acids is 1. The van der Waals surface area contributed by atoms with Crippen molar-refractivity contribution < 1.29 is 9.72 Å². The zero-order chi connectivity index (χ0) is 14.4. The summed E-state index contributed by atoms with van der Waals surface area (Å²) < 4.78 is 0. The summed E-state index contributed by atoms with van der Waals surface area (Å²) in [4.78, 5) is 22.1. The first-order valence-corrected chi connectivity index (χ1v) is 6.40. The van der Waals surface area contributed by atoms with Crippen molar-refractivity contribution in [2.45, 2.75) is 19.3 Å². The highest BCUT2D eigenvalue weighted by Crippen LogP contribution is 2.18. The van der Waals surface area contributed by atoms with E-state index in [2.05, 4.69) is 22.7 Å². The van der Waals surface area contributed by atoms with Crippen molar-refractivity contribution in [3.05, 3.63) is 52.1 Å². The number of amides is 1. The third kappa shape index (κ3) is 3.50. The molecule has 0 fully saturated rings. The zero-order valence-electron chi connectivity index (χ0n) is 10.9. The predicted molar refractivity (Wildman–Crippen MR) is 75.5 cm³/mol. The average Bonchev–Trinajstić information content (AvgIpc) is 2.48. The van der Waals surface area contributed by atoms with E-state index in [1.54, 1.807) is 12.3 Å². The van der Waals surface area contributed by atoms with Crippen molar-refractivity contribution in [3.63, 3.8) is 0 Å². The maximum Gasteiger partial charge on any atom is 0.282 e. The first-order valence-electron chi connectivity index (χ1n) is 6.40. The number of nitrogens with zero attached hydrogens (tertiary/aromatic N) is 2. The van der Waals surface area contributed by atoms with Crippen LogP contribution in [0, 0.1) is 16.0 Å². The maximum absolute atomic E-state index is 11.9. The Balaban J connectivity index is 2.00. The van der Waals surface area contributed by atoms with Gasteiger partial charge in [-0.05, 0) is 31.2 Å². The monoisotopic (exact) mass is 273 g/mol. The quantitative estimate of drug-likeness (QED) is 0.396. The van der Waals surface area contributed by atoms with E-state index in [0.717, 1.165) is 19.3 Å². The number of hydrogen-bond donors (Lipinski definition) is 1. The van der Waals surface area contributed by atoms with Crippen LogP contribution in [0.3, 0.4) is 0 Å². The number of hydrogen-bond acceptors (Lipinski definition) is 4. The number of allylic oxidation sites excluding steroid dienone is 2. The van der Waals surface area contributed by atoms with Crippen molar-refractivity contribution in [1.82, 2.24) is 5.43 Å². The molecule has 1 N–H and O–H groups in total. The largest absolute Gasteiger partial charge is 0.282 e. The van der Waals surface area contributed by atoms with Gasteiger partial charge in [-0.2, -0.15) is 5.10 Å². The fraction of sp³-hybridized carbons (Fsp3) is 0.286. The third-order valence-corrected chi connectivity index (χ3v) is 3.11. The van der Waals surface area contributed by atoms with Crippen molar-refractivity contribution in [2.24, 2.45) is 11.0 Å². The van der Waals surface area contributed by atoms with Gasteiger partial charge in [-0.15, -0.1) is 0 Å². The van der Waals surface area contributed by atoms with E-state index in [-0.39, 0.29) is 11.3 Å². The van der Waals surface area contributed by atoms with Crippen LogP contribution in [0.2, 0.25) is 0 Å². The van der Waals surface area contributed by atoms with Gasteiger partial charge in [0.15, 0.2) is 0 Å². The summed E-state index contributed by atoms with van der Waals surface area (Å²) in [6.45, 7) is 0. The van der Waals surface area contributed by atoms with Gasteiger partial charge in [0.05, 0.1) is 4.92 Å². The van der Waals surface area contributed by atoms with Crippen LogP contribution in [0.25, 0.3) is 0 Å². The second kappa shape index (κ2) is 6.60. The van der Waals surface area contributed by atoms with E-state index in [4.69, 9.17) is 0 Å². The van der Waals surface area contributed by atoms with Gasteiger partial charge in [0.2, 0.25) is 0 Å². The molecule has 0 bridgehead atoms. The molecule has 1 aromatic rings. The molecular weight excluding hydrogens is 258 g/mol. The lowest BCUT2D eigenvalue weighted by molar-refractivity contribution is -0.385. The molecule has 2 rings (SSSR count). The minimum atomic E-state index is -0.579. The Morgan fingerprint density at radius 3 is 2.90 bits per heavy atom. The van der Waals surface area contributed by atoms with Crippen LogP contribution in [0.1, 0.15) is 29.6 Å². The Kier molecular flexibility index (Phi) is 4.60. The van der Waals surface area contributed by atoms with Gasteiger partial charge in [0, 0.05) is 12.3 Å². The molecule has 1 amide bonds. The summed E-state index contributed by atoms with van der Waals surface area (Å²) in [7, 11) is 0. The SMILES string of the molecule is O=C(NN=CC1CC=CCC1)c1ccccc1[N+](=O)[O-]. The molecule has 6 heteroatoms. The van der Waals surface area contributed by atoms with Crippen LogP contribution in [0.4, 0.5) is 5.69 Å². The minimum Gasteiger partial charge on any atom is -0.267 e. The second-order valence-electron chi connectivity index (χ2n) is 4.54. The molecular formula is C14H15N3O3. The van der Waals surface area contributed by atoms with E-state index in [9.17, 15) is 14.9 Å². The molecule has 0 aromatic heterocycles. The lowest BCUT2D eigenvalue weighted by atomic mass is 9.96. The molecule has 1 unspecified atom stereocenters. The van der Waals surface area contributed by atoms with Crippen molar-refractivity contribution in [2.75, 3.05) is 0 Å². The van der Waals surface area contributed by atoms with Crippen LogP contribution in [-0.2, 0) is 0 Å². The lowest BCUT2D eigenvalue weighted by Crippen LogP contribution is -2.20. The maximum atomic E-state index is 11.9. The van der Waals surface area contributed by atoms with E-state index in [1.165, 1.54) is 18.2 Å². The number of carbonyl (C=O) groups is 1. The summed E-state index contributed by atoms with van der Waals surface area (Å²) in [5.41, 5.74) is 2.13. The first kappa shape index (κ1) is 13.9. The highest BCUT2D eigenvalue weighted by Gasteiger charge is 2.18. The predicted octanol–water partition coefficient (Wildman–Crippen LogP) is 2.67. The number of benzene rings is 1. The van der Waals surface area contributed by atoms with Gasteiger partial charge in [-0.25, -0.2) is 5.43 Å². The summed E-state index contributed by atoms with van der Waals surface area (Å²) >= 11 is 0. The van der Waals surface area contributed by atoms with Crippen LogP contribution in [0.15, 0.2) is 41.5 Å². The van der Waals surface area contributed by atoms with E-state index >= 15 is 0 Å². The van der Waals surface area contributed by atoms with Crippen LogP contribution in [0.5, 0.6) is 0 Å². The molecule has 0 aliphatic heterocycles. The van der Waals surface area contributed by atoms with E-state index in [1.807, 2.05) is 0 Å². The zero-order valence-corrected chi connectivity index (χ0v) is 10.9. The first-order chi connectivity index (χ1) is 9.68. The molecule has 1 aliphatic carbocycles. The standard InChI is InChI=1S/C14H15N3O3/c18-14(12-8-4-5-9-13(12)17(19)20)16-15-10-11-6-2-1-3-7-11/h1-2,4-5,8-11H,3,6-7H2,(H,16,18). The van der Waals surface area contributed by atoms with Gasteiger partial charge < -0.3 is 0 Å². The third-order valence-electron chi connectivity index (χ3n) is 3.11. The molecule has 0 saturated heterocycles. The number of para-hydroxylation sites is 1.